The molecule has 0 atom stereocenters. The number of methoxy groups -OCH3 is 1. The molecule has 0 bridgehead atoms. The summed E-state index contributed by atoms with van der Waals surface area (Å²) >= 11 is 0. The fraction of sp³-hybridized carbons (Fsp3) is 0.571. The molecule has 0 fully saturated rings. The molecule has 0 unspecified atom stereocenters. The van der Waals surface area contributed by atoms with Crippen molar-refractivity contribution >= 4 is 11.4 Å². The average molecular weight is 296 g/mol. The van der Waals surface area contributed by atoms with Gasteiger partial charge in [0.15, 0.2) is 0 Å². The number of non-ortho nitro benzene ring substituents is 1. The third-order valence-corrected chi connectivity index (χ3v) is 3.08. The van der Waals surface area contributed by atoms with Crippen molar-refractivity contribution in [3.8, 4) is 0 Å². The third-order valence-electron chi connectivity index (χ3n) is 3.08. The number of hydrogen-bond donors (Lipinski definition) is 2. The Bertz CT molecular complexity index is 466. The predicted molar refractivity (Wildman–Crippen MR) is 82.9 cm³/mol. The molecule has 0 aliphatic carbocycles. The Morgan fingerprint density at radius 3 is 2.71 bits per heavy atom. The molecule has 1 aromatic carbocycles. The van der Waals surface area contributed by atoms with Gasteiger partial charge in [0.2, 0.25) is 0 Å². The molecule has 7 heteroatoms. The maximum Gasteiger partial charge on any atom is 0.269 e. The lowest BCUT2D eigenvalue weighted by Crippen LogP contribution is -2.31. The van der Waals surface area contributed by atoms with E-state index in [4.69, 9.17) is 10.6 Å². The summed E-state index contributed by atoms with van der Waals surface area (Å²) in [5.74, 6) is 5.99. The van der Waals surface area contributed by atoms with E-state index < -0.39 is 4.92 Å². The molecule has 0 saturated heterocycles. The van der Waals surface area contributed by atoms with Crippen LogP contribution in [0.4, 0.5) is 11.4 Å². The fourth-order valence-electron chi connectivity index (χ4n) is 2.18. The van der Waals surface area contributed by atoms with Gasteiger partial charge in [0, 0.05) is 38.9 Å². The monoisotopic (exact) mass is 296 g/mol. The second kappa shape index (κ2) is 8.56. The number of hydrogen-bond acceptors (Lipinski definition) is 6. The molecule has 21 heavy (non-hydrogen) atoms. The summed E-state index contributed by atoms with van der Waals surface area (Å²) in [4.78, 5) is 12.7. The Morgan fingerprint density at radius 1 is 1.48 bits per heavy atom. The first-order chi connectivity index (χ1) is 9.97. The molecule has 1 aromatic rings. The van der Waals surface area contributed by atoms with Crippen LogP contribution < -0.4 is 11.3 Å². The van der Waals surface area contributed by atoms with E-state index in [2.05, 4.69) is 24.2 Å². The standard InChI is InChI=1S/C14H24N4O3/c1-11(2)9-17(6-7-21-3)10-12-8-13(18(19)20)4-5-14(12)16-15/h4-5,8,11,16H,6-7,9-10,15H2,1-3H3. The van der Waals surface area contributed by atoms with Gasteiger partial charge in [-0.05, 0) is 17.5 Å². The Kier molecular flexibility index (Phi) is 7.07. The molecule has 0 spiro atoms. The summed E-state index contributed by atoms with van der Waals surface area (Å²) in [5.41, 5.74) is 4.18. The summed E-state index contributed by atoms with van der Waals surface area (Å²) in [6.45, 7) is 7.12. The molecule has 0 aliphatic rings. The minimum Gasteiger partial charge on any atom is -0.383 e. The number of nitrogens with one attached hydrogen (secondary N) is 1. The van der Waals surface area contributed by atoms with Gasteiger partial charge in [0.1, 0.15) is 0 Å². The van der Waals surface area contributed by atoms with Gasteiger partial charge in [-0.3, -0.25) is 20.9 Å². The molecular formula is C14H24N4O3. The molecule has 118 valence electrons. The van der Waals surface area contributed by atoms with Gasteiger partial charge in [-0.15, -0.1) is 0 Å². The van der Waals surface area contributed by atoms with Gasteiger partial charge in [-0.2, -0.15) is 0 Å². The molecule has 0 heterocycles. The number of hydrazine groups is 1. The first-order valence-electron chi connectivity index (χ1n) is 6.93. The lowest BCUT2D eigenvalue weighted by molar-refractivity contribution is -0.384. The second-order valence-corrected chi connectivity index (χ2v) is 5.36. The van der Waals surface area contributed by atoms with Crippen LogP contribution >= 0.6 is 0 Å². The summed E-state index contributed by atoms with van der Waals surface area (Å²) in [6.07, 6.45) is 0. The van der Waals surface area contributed by atoms with E-state index in [-0.39, 0.29) is 5.69 Å². The molecular weight excluding hydrogens is 272 g/mol. The minimum atomic E-state index is -0.397. The number of nitrogens with zero attached hydrogens (tertiary/aromatic N) is 2. The first kappa shape index (κ1) is 17.4. The van der Waals surface area contributed by atoms with E-state index in [1.165, 1.54) is 6.07 Å². The molecule has 0 saturated carbocycles. The number of rotatable bonds is 9. The number of nitro benzene ring substituents is 1. The highest BCUT2D eigenvalue weighted by molar-refractivity contribution is 5.55. The van der Waals surface area contributed by atoms with Crippen molar-refractivity contribution in [3.63, 3.8) is 0 Å². The van der Waals surface area contributed by atoms with Gasteiger partial charge in [0.05, 0.1) is 17.2 Å². The van der Waals surface area contributed by atoms with Crippen LogP contribution in [0, 0.1) is 16.0 Å². The van der Waals surface area contributed by atoms with E-state index in [0.29, 0.717) is 24.8 Å². The summed E-state index contributed by atoms with van der Waals surface area (Å²) < 4.78 is 5.12. The SMILES string of the molecule is COCCN(Cc1cc([N+](=O)[O-])ccc1NN)CC(C)C. The molecule has 0 aromatic heterocycles. The number of anilines is 1. The zero-order valence-electron chi connectivity index (χ0n) is 12.8. The van der Waals surface area contributed by atoms with Crippen molar-refractivity contribution in [2.75, 3.05) is 32.2 Å². The summed E-state index contributed by atoms with van der Waals surface area (Å²) in [7, 11) is 1.66. The van der Waals surface area contributed by atoms with Crippen molar-refractivity contribution in [2.24, 2.45) is 11.8 Å². The second-order valence-electron chi connectivity index (χ2n) is 5.36. The highest BCUT2D eigenvalue weighted by Gasteiger charge is 2.14. The highest BCUT2D eigenvalue weighted by atomic mass is 16.6. The van der Waals surface area contributed by atoms with E-state index in [9.17, 15) is 10.1 Å². The first-order valence-corrected chi connectivity index (χ1v) is 6.93. The Morgan fingerprint density at radius 2 is 2.19 bits per heavy atom. The molecule has 7 nitrogen and oxygen atoms in total. The smallest absolute Gasteiger partial charge is 0.269 e. The fourth-order valence-corrected chi connectivity index (χ4v) is 2.18. The van der Waals surface area contributed by atoms with Crippen LogP contribution in [0.1, 0.15) is 19.4 Å². The van der Waals surface area contributed by atoms with Crippen LogP contribution in [-0.2, 0) is 11.3 Å². The average Bonchev–Trinajstić information content (AvgIpc) is 2.44. The molecule has 0 amide bonds. The van der Waals surface area contributed by atoms with Crippen LogP contribution in [-0.4, -0.2) is 36.6 Å². The lowest BCUT2D eigenvalue weighted by Gasteiger charge is -2.25. The zero-order chi connectivity index (χ0) is 15.8. The van der Waals surface area contributed by atoms with Gasteiger partial charge in [0.25, 0.3) is 5.69 Å². The third kappa shape index (κ3) is 5.66. The number of nitrogen functional groups attached to an aromatic ring is 1. The number of nitrogens with two attached hydrogens (primary N) is 1. The van der Waals surface area contributed by atoms with E-state index in [1.54, 1.807) is 19.2 Å². The van der Waals surface area contributed by atoms with Gasteiger partial charge in [-0.1, -0.05) is 13.8 Å². The quantitative estimate of drug-likeness (QED) is 0.411. The van der Waals surface area contributed by atoms with E-state index in [0.717, 1.165) is 18.7 Å². The van der Waals surface area contributed by atoms with Crippen molar-refractivity contribution in [3.05, 3.63) is 33.9 Å². The van der Waals surface area contributed by atoms with Crippen molar-refractivity contribution in [1.29, 1.82) is 0 Å². The molecule has 0 radical (unpaired) electrons. The largest absolute Gasteiger partial charge is 0.383 e. The Hall–Kier alpha value is -1.70. The predicted octanol–water partition coefficient (Wildman–Crippen LogP) is 1.98. The van der Waals surface area contributed by atoms with Crippen molar-refractivity contribution in [2.45, 2.75) is 20.4 Å². The summed E-state index contributed by atoms with van der Waals surface area (Å²) in [6, 6.07) is 4.65. The van der Waals surface area contributed by atoms with Gasteiger partial charge >= 0.3 is 0 Å². The van der Waals surface area contributed by atoms with Crippen LogP contribution in [0.15, 0.2) is 18.2 Å². The van der Waals surface area contributed by atoms with Crippen LogP contribution in [0.5, 0.6) is 0 Å². The molecule has 0 aliphatic heterocycles. The number of ether oxygens (including phenoxy) is 1. The van der Waals surface area contributed by atoms with E-state index >= 15 is 0 Å². The number of benzene rings is 1. The lowest BCUT2D eigenvalue weighted by atomic mass is 10.1. The highest BCUT2D eigenvalue weighted by Crippen LogP contribution is 2.23. The van der Waals surface area contributed by atoms with Crippen molar-refractivity contribution < 1.29 is 9.66 Å². The molecule has 3 N–H and O–H groups in total. The van der Waals surface area contributed by atoms with Gasteiger partial charge in [-0.25, -0.2) is 0 Å². The number of nitro groups is 1. The van der Waals surface area contributed by atoms with Crippen molar-refractivity contribution in [1.82, 2.24) is 4.90 Å². The van der Waals surface area contributed by atoms with Gasteiger partial charge < -0.3 is 10.2 Å². The zero-order valence-corrected chi connectivity index (χ0v) is 12.8. The van der Waals surface area contributed by atoms with E-state index in [1.807, 2.05) is 0 Å². The Balaban J connectivity index is 2.93. The summed E-state index contributed by atoms with van der Waals surface area (Å²) in [5, 5.41) is 10.9. The topological polar surface area (TPSA) is 93.7 Å². The maximum absolute atomic E-state index is 10.9. The van der Waals surface area contributed by atoms with Crippen LogP contribution in [0.25, 0.3) is 0 Å². The Labute approximate surface area is 125 Å². The normalized spacial score (nSPS) is 11.1. The maximum atomic E-state index is 10.9. The minimum absolute atomic E-state index is 0.0697. The molecule has 1 rings (SSSR count). The van der Waals surface area contributed by atoms with Crippen LogP contribution in [0.2, 0.25) is 0 Å². The van der Waals surface area contributed by atoms with Crippen LogP contribution in [0.3, 0.4) is 0 Å².